The van der Waals surface area contributed by atoms with E-state index in [1.807, 2.05) is 0 Å². The van der Waals surface area contributed by atoms with Gasteiger partial charge in [0.05, 0.1) is 21.7 Å². The van der Waals surface area contributed by atoms with Crippen LogP contribution in [0.15, 0.2) is 70.0 Å². The zero-order valence-corrected chi connectivity index (χ0v) is 18.0. The lowest BCUT2D eigenvalue weighted by molar-refractivity contribution is -0.141. The number of nitrogen functional groups attached to an aromatic ring is 1. The molecule has 6 N–H and O–H groups in total. The van der Waals surface area contributed by atoms with Crippen molar-refractivity contribution in [2.75, 3.05) is 12.0 Å². The fraction of sp³-hybridized carbons (Fsp3) is 0.143. The summed E-state index contributed by atoms with van der Waals surface area (Å²) in [5, 5.41) is 0. The van der Waals surface area contributed by atoms with Crippen molar-refractivity contribution in [2.45, 2.75) is 18.0 Å². The van der Waals surface area contributed by atoms with Gasteiger partial charge in [-0.3, -0.25) is 0 Å². The minimum atomic E-state index is -4.77. The summed E-state index contributed by atoms with van der Waals surface area (Å²) in [5.74, 6) is 4.59. The van der Waals surface area contributed by atoms with Gasteiger partial charge in [0.2, 0.25) is 0 Å². The third-order valence-electron chi connectivity index (χ3n) is 3.95. The minimum Gasteiger partial charge on any atom is -0.401 e. The van der Waals surface area contributed by atoms with E-state index in [2.05, 4.69) is 28.4 Å². The lowest BCUT2D eigenvalue weighted by atomic mass is 10.0. The molecule has 0 atom stereocenters. The van der Waals surface area contributed by atoms with E-state index in [1.54, 1.807) is 0 Å². The van der Waals surface area contributed by atoms with Gasteiger partial charge in [0.1, 0.15) is 11.6 Å². The fourth-order valence-electron chi connectivity index (χ4n) is 2.53. The van der Waals surface area contributed by atoms with Crippen LogP contribution in [0.25, 0.3) is 0 Å². The lowest BCUT2D eigenvalue weighted by Gasteiger charge is -2.10. The van der Waals surface area contributed by atoms with Crippen LogP contribution in [0.3, 0.4) is 0 Å². The van der Waals surface area contributed by atoms with E-state index >= 15 is 0 Å². The molecule has 2 aromatic rings. The van der Waals surface area contributed by atoms with E-state index in [4.69, 9.17) is 17.2 Å². The Labute approximate surface area is 183 Å². The summed E-state index contributed by atoms with van der Waals surface area (Å²) >= 11 is 0. The molecule has 0 saturated heterocycles. The molecule has 2 rings (SSSR count). The number of alkyl halides is 3. The van der Waals surface area contributed by atoms with E-state index < -0.39 is 27.3 Å². The Morgan fingerprint density at radius 2 is 1.72 bits per heavy atom. The van der Waals surface area contributed by atoms with Gasteiger partial charge in [0.15, 0.2) is 15.5 Å². The van der Waals surface area contributed by atoms with Gasteiger partial charge >= 0.3 is 6.18 Å². The molecule has 7 nitrogen and oxygen atoms in total. The molecule has 0 fully saturated rings. The van der Waals surface area contributed by atoms with E-state index in [0.717, 1.165) is 12.3 Å². The van der Waals surface area contributed by atoms with Gasteiger partial charge in [-0.25, -0.2) is 18.4 Å². The number of nitrogens with zero attached hydrogens (tertiary/aromatic N) is 2. The molecule has 0 aliphatic heterocycles. The minimum absolute atomic E-state index is 0.0658. The number of hydrogen-bond donors (Lipinski definition) is 3. The van der Waals surface area contributed by atoms with E-state index in [9.17, 15) is 21.6 Å². The van der Waals surface area contributed by atoms with Crippen molar-refractivity contribution >= 4 is 21.4 Å². The number of nitrogens with two attached hydrogens (primary N) is 3. The molecule has 11 heteroatoms. The topological polar surface area (TPSA) is 137 Å². The monoisotopic (exact) mass is 463 g/mol. The summed E-state index contributed by atoms with van der Waals surface area (Å²) in [7, 11) is -3.44. The maximum atomic E-state index is 13.3. The van der Waals surface area contributed by atoms with Gasteiger partial charge in [0, 0.05) is 17.5 Å². The zero-order valence-electron chi connectivity index (χ0n) is 17.2. The van der Waals surface area contributed by atoms with Gasteiger partial charge in [-0.2, -0.15) is 13.2 Å². The van der Waals surface area contributed by atoms with Crippen LogP contribution in [-0.4, -0.2) is 25.4 Å². The third-order valence-corrected chi connectivity index (χ3v) is 5.08. The maximum absolute atomic E-state index is 13.3. The summed E-state index contributed by atoms with van der Waals surface area (Å²) in [6.45, 7) is 4.99. The normalized spacial score (nSPS) is 13.1. The highest BCUT2D eigenvalue weighted by Crippen LogP contribution is 2.30. The Kier molecular flexibility index (Phi) is 7.00. The largest absolute Gasteiger partial charge is 0.434 e. The quantitative estimate of drug-likeness (QED) is 0.471. The Morgan fingerprint density at radius 3 is 2.19 bits per heavy atom. The van der Waals surface area contributed by atoms with Crippen LogP contribution < -0.4 is 17.2 Å². The second-order valence-corrected chi connectivity index (χ2v) is 8.70. The number of sulfone groups is 1. The van der Waals surface area contributed by atoms with Crippen molar-refractivity contribution in [3.8, 4) is 11.8 Å². The fourth-order valence-corrected chi connectivity index (χ4v) is 3.16. The second kappa shape index (κ2) is 9.15. The summed E-state index contributed by atoms with van der Waals surface area (Å²) in [5.41, 5.74) is 16.0. The Balaban J connectivity index is 2.66. The van der Waals surface area contributed by atoms with Crippen LogP contribution in [0.4, 0.5) is 19.0 Å². The third kappa shape index (κ3) is 6.12. The molecule has 0 saturated carbocycles. The molecule has 1 aromatic heterocycles. The molecule has 0 radical (unpaired) electrons. The first-order chi connectivity index (χ1) is 14.7. The van der Waals surface area contributed by atoms with Crippen molar-refractivity contribution in [3.05, 3.63) is 76.9 Å². The first kappa shape index (κ1) is 24.5. The predicted octanol–water partition coefficient (Wildman–Crippen LogP) is 2.59. The van der Waals surface area contributed by atoms with Gasteiger partial charge in [-0.1, -0.05) is 30.6 Å². The predicted molar refractivity (Wildman–Crippen MR) is 117 cm³/mol. The van der Waals surface area contributed by atoms with Crippen molar-refractivity contribution in [2.24, 2.45) is 16.5 Å². The molecule has 0 bridgehead atoms. The zero-order chi connectivity index (χ0) is 24.3. The van der Waals surface area contributed by atoms with Crippen LogP contribution in [0.1, 0.15) is 23.7 Å². The van der Waals surface area contributed by atoms with Crippen LogP contribution >= 0.6 is 0 Å². The van der Waals surface area contributed by atoms with Crippen molar-refractivity contribution in [3.63, 3.8) is 0 Å². The molecule has 0 spiro atoms. The first-order valence-corrected chi connectivity index (χ1v) is 10.8. The lowest BCUT2D eigenvalue weighted by Crippen LogP contribution is -2.13. The van der Waals surface area contributed by atoms with Crippen LogP contribution in [0.5, 0.6) is 0 Å². The molecule has 168 valence electrons. The summed E-state index contributed by atoms with van der Waals surface area (Å²) in [6.07, 6.45) is -3.72. The molecule has 1 aromatic carbocycles. The number of halogens is 3. The number of hydrogen-bond acceptors (Lipinski definition) is 7. The standard InChI is InChI=1S/C21H20F3N5O2S/c1-12(25)17(10-6-15-7-11-18(27)29-20(15)21(22,23)24)19(28-13(2)26)14-4-8-16(9-5-14)32(3,30)31/h4-5,7-9,11H,2,25-26H2,1,3H3,(H2,27,29)/b17-12-,28-19?. The van der Waals surface area contributed by atoms with Gasteiger partial charge < -0.3 is 17.2 Å². The average Bonchev–Trinajstić information content (AvgIpc) is 2.66. The van der Waals surface area contributed by atoms with Crippen LogP contribution in [0, 0.1) is 11.8 Å². The number of anilines is 1. The Hall–Kier alpha value is -3.78. The molecule has 1 heterocycles. The van der Waals surface area contributed by atoms with Crippen molar-refractivity contribution < 1.29 is 21.6 Å². The number of rotatable bonds is 4. The van der Waals surface area contributed by atoms with Crippen LogP contribution in [0.2, 0.25) is 0 Å². The SMILES string of the molecule is C=C(N)N=C(/C(C#Cc1ccc(N)nc1C(F)(F)F)=C(/C)N)c1ccc(S(C)(=O)=O)cc1. The van der Waals surface area contributed by atoms with Crippen LogP contribution in [-0.2, 0) is 16.0 Å². The Bertz CT molecular complexity index is 1280. The number of aliphatic imine (C=N–C) groups is 1. The molecular weight excluding hydrogens is 443 g/mol. The number of aromatic nitrogens is 1. The highest BCUT2D eigenvalue weighted by molar-refractivity contribution is 7.90. The number of pyridine rings is 1. The van der Waals surface area contributed by atoms with E-state index in [-0.39, 0.29) is 33.5 Å². The van der Waals surface area contributed by atoms with E-state index in [1.165, 1.54) is 37.3 Å². The second-order valence-electron chi connectivity index (χ2n) is 6.69. The molecule has 0 amide bonds. The molecular formula is C21H20F3N5O2S. The van der Waals surface area contributed by atoms with Crippen molar-refractivity contribution in [1.82, 2.24) is 4.98 Å². The molecule has 0 unspecified atom stereocenters. The first-order valence-electron chi connectivity index (χ1n) is 8.86. The molecule has 32 heavy (non-hydrogen) atoms. The van der Waals surface area contributed by atoms with Gasteiger partial charge in [-0.05, 0) is 31.2 Å². The number of allylic oxidation sites excluding steroid dienone is 2. The van der Waals surface area contributed by atoms with Gasteiger partial charge in [-0.15, -0.1) is 0 Å². The number of benzene rings is 1. The van der Waals surface area contributed by atoms with Crippen molar-refractivity contribution in [1.29, 1.82) is 0 Å². The highest BCUT2D eigenvalue weighted by Gasteiger charge is 2.35. The molecule has 0 aliphatic carbocycles. The maximum Gasteiger partial charge on any atom is 0.434 e. The summed E-state index contributed by atoms with van der Waals surface area (Å²) in [6, 6.07) is 7.90. The summed E-state index contributed by atoms with van der Waals surface area (Å²) < 4.78 is 63.4. The van der Waals surface area contributed by atoms with E-state index in [0.29, 0.717) is 5.56 Å². The summed E-state index contributed by atoms with van der Waals surface area (Å²) in [4.78, 5) is 7.51. The smallest absolute Gasteiger partial charge is 0.401 e. The van der Waals surface area contributed by atoms with Gasteiger partial charge in [0.25, 0.3) is 0 Å². The molecule has 0 aliphatic rings. The Morgan fingerprint density at radius 1 is 1.12 bits per heavy atom. The highest BCUT2D eigenvalue weighted by atomic mass is 32.2. The average molecular weight is 463 g/mol.